The van der Waals surface area contributed by atoms with Crippen molar-refractivity contribution in [1.82, 2.24) is 10.3 Å². The van der Waals surface area contributed by atoms with E-state index in [4.69, 9.17) is 0 Å². The normalized spacial score (nSPS) is 20.3. The van der Waals surface area contributed by atoms with Gasteiger partial charge in [0.1, 0.15) is 0 Å². The first-order chi connectivity index (χ1) is 7.72. The Morgan fingerprint density at radius 3 is 2.94 bits per heavy atom. The molecule has 3 nitrogen and oxygen atoms in total. The van der Waals surface area contributed by atoms with Crippen molar-refractivity contribution >= 4 is 16.8 Å². The van der Waals surface area contributed by atoms with Gasteiger partial charge in [0.25, 0.3) is 0 Å². The summed E-state index contributed by atoms with van der Waals surface area (Å²) in [6, 6.07) is 8.52. The molecule has 0 radical (unpaired) electrons. The molecule has 2 heterocycles. The molecule has 1 aliphatic heterocycles. The van der Waals surface area contributed by atoms with Crippen molar-refractivity contribution in [2.45, 2.75) is 19.3 Å². The molecule has 1 unspecified atom stereocenters. The number of hydrogen-bond donors (Lipinski definition) is 2. The van der Waals surface area contributed by atoms with Gasteiger partial charge in [0.15, 0.2) is 0 Å². The second-order valence-electron chi connectivity index (χ2n) is 4.52. The van der Waals surface area contributed by atoms with Crippen LogP contribution in [-0.2, 0) is 4.79 Å². The van der Waals surface area contributed by atoms with Crippen molar-refractivity contribution in [3.8, 4) is 0 Å². The van der Waals surface area contributed by atoms with Crippen LogP contribution >= 0.6 is 0 Å². The van der Waals surface area contributed by atoms with Crippen LogP contribution in [0.1, 0.15) is 23.6 Å². The Kier molecular flexibility index (Phi) is 1.99. The van der Waals surface area contributed by atoms with Crippen LogP contribution in [0.2, 0.25) is 0 Å². The molecule has 2 N–H and O–H groups in total. The standard InChI is InChI=1S/C13H14N2O/c1-8-2-3-11-9(4-8)5-12(15-11)10-6-13(16)14-7-10/h2-5,10,15H,6-7H2,1H3,(H,14,16). The SMILES string of the molecule is Cc1ccc2[nH]c(C3CNC(=O)C3)cc2c1. The van der Waals surface area contributed by atoms with Crippen LogP contribution in [0, 0.1) is 6.92 Å². The first-order valence-electron chi connectivity index (χ1n) is 5.58. The van der Waals surface area contributed by atoms with Crippen LogP contribution in [-0.4, -0.2) is 17.4 Å². The Morgan fingerprint density at radius 1 is 1.31 bits per heavy atom. The Labute approximate surface area is 93.9 Å². The maximum absolute atomic E-state index is 11.2. The summed E-state index contributed by atoms with van der Waals surface area (Å²) in [6.45, 7) is 2.84. The largest absolute Gasteiger partial charge is 0.358 e. The van der Waals surface area contributed by atoms with Gasteiger partial charge in [-0.3, -0.25) is 4.79 Å². The highest BCUT2D eigenvalue weighted by atomic mass is 16.1. The molecular formula is C13H14N2O. The number of aryl methyl sites for hydroxylation is 1. The molecule has 3 rings (SSSR count). The van der Waals surface area contributed by atoms with Gasteiger partial charge in [-0.2, -0.15) is 0 Å². The van der Waals surface area contributed by atoms with Crippen molar-refractivity contribution in [1.29, 1.82) is 0 Å². The zero-order chi connectivity index (χ0) is 11.1. The second-order valence-corrected chi connectivity index (χ2v) is 4.52. The minimum Gasteiger partial charge on any atom is -0.358 e. The van der Waals surface area contributed by atoms with Crippen molar-refractivity contribution < 1.29 is 4.79 Å². The van der Waals surface area contributed by atoms with Crippen LogP contribution < -0.4 is 5.32 Å². The van der Waals surface area contributed by atoms with Gasteiger partial charge >= 0.3 is 0 Å². The van der Waals surface area contributed by atoms with E-state index in [1.807, 2.05) is 0 Å². The van der Waals surface area contributed by atoms with E-state index in [1.165, 1.54) is 16.6 Å². The summed E-state index contributed by atoms with van der Waals surface area (Å²) < 4.78 is 0. The molecule has 1 aliphatic rings. The molecule has 0 aliphatic carbocycles. The zero-order valence-electron chi connectivity index (χ0n) is 9.21. The molecule has 1 amide bonds. The predicted molar refractivity (Wildman–Crippen MR) is 63.4 cm³/mol. The van der Waals surface area contributed by atoms with Crippen LogP contribution in [0.4, 0.5) is 0 Å². The maximum Gasteiger partial charge on any atom is 0.220 e. The lowest BCUT2D eigenvalue weighted by Crippen LogP contribution is -2.13. The van der Waals surface area contributed by atoms with E-state index >= 15 is 0 Å². The van der Waals surface area contributed by atoms with E-state index in [0.717, 1.165) is 12.1 Å². The van der Waals surface area contributed by atoms with Gasteiger partial charge in [-0.1, -0.05) is 11.6 Å². The number of nitrogens with one attached hydrogen (secondary N) is 2. The minimum absolute atomic E-state index is 0.153. The predicted octanol–water partition coefficient (Wildman–Crippen LogP) is 2.08. The zero-order valence-corrected chi connectivity index (χ0v) is 9.21. The Balaban J connectivity index is 2.02. The molecule has 1 aromatic carbocycles. The number of rotatable bonds is 1. The lowest BCUT2D eigenvalue weighted by molar-refractivity contribution is -0.119. The summed E-state index contributed by atoms with van der Waals surface area (Å²) in [6.07, 6.45) is 0.603. The molecule has 0 saturated carbocycles. The minimum atomic E-state index is 0.153. The Morgan fingerprint density at radius 2 is 2.19 bits per heavy atom. The van der Waals surface area contributed by atoms with E-state index in [0.29, 0.717) is 12.3 Å². The van der Waals surface area contributed by atoms with Gasteiger partial charge in [-0.05, 0) is 30.5 Å². The molecule has 2 aromatic rings. The van der Waals surface area contributed by atoms with E-state index in [1.54, 1.807) is 0 Å². The second kappa shape index (κ2) is 3.37. The molecule has 3 heteroatoms. The third-order valence-corrected chi connectivity index (χ3v) is 3.21. The van der Waals surface area contributed by atoms with Gasteiger partial charge in [-0.25, -0.2) is 0 Å². The lowest BCUT2D eigenvalue weighted by atomic mass is 10.0. The fraction of sp³-hybridized carbons (Fsp3) is 0.308. The van der Waals surface area contributed by atoms with Crippen LogP contribution in [0.15, 0.2) is 24.3 Å². The number of carbonyl (C=O) groups excluding carboxylic acids is 1. The molecule has 0 spiro atoms. The summed E-state index contributed by atoms with van der Waals surface area (Å²) in [5.41, 5.74) is 3.58. The van der Waals surface area contributed by atoms with Crippen molar-refractivity contribution in [2.24, 2.45) is 0 Å². The quantitative estimate of drug-likeness (QED) is 0.750. The highest BCUT2D eigenvalue weighted by Gasteiger charge is 2.24. The third-order valence-electron chi connectivity index (χ3n) is 3.21. The fourth-order valence-corrected chi connectivity index (χ4v) is 2.32. The van der Waals surface area contributed by atoms with Gasteiger partial charge in [0.05, 0.1) is 0 Å². The van der Waals surface area contributed by atoms with E-state index < -0.39 is 0 Å². The van der Waals surface area contributed by atoms with E-state index in [-0.39, 0.29) is 5.91 Å². The summed E-state index contributed by atoms with van der Waals surface area (Å²) in [5, 5.41) is 4.10. The average molecular weight is 214 g/mol. The molecule has 82 valence electrons. The molecule has 16 heavy (non-hydrogen) atoms. The van der Waals surface area contributed by atoms with Gasteiger partial charge in [0, 0.05) is 30.1 Å². The molecule has 0 bridgehead atoms. The van der Waals surface area contributed by atoms with Gasteiger partial charge in [-0.15, -0.1) is 0 Å². The summed E-state index contributed by atoms with van der Waals surface area (Å²) >= 11 is 0. The number of fused-ring (bicyclic) bond motifs is 1. The van der Waals surface area contributed by atoms with Gasteiger partial charge in [0.2, 0.25) is 5.91 Å². The summed E-state index contributed by atoms with van der Waals surface area (Å²) in [5.74, 6) is 0.458. The molecule has 1 fully saturated rings. The monoisotopic (exact) mass is 214 g/mol. The van der Waals surface area contributed by atoms with Crippen LogP contribution in [0.3, 0.4) is 0 Å². The summed E-state index contributed by atoms with van der Waals surface area (Å²) in [7, 11) is 0. The summed E-state index contributed by atoms with van der Waals surface area (Å²) in [4.78, 5) is 14.6. The van der Waals surface area contributed by atoms with E-state index in [9.17, 15) is 4.79 Å². The first-order valence-corrected chi connectivity index (χ1v) is 5.58. The van der Waals surface area contributed by atoms with Crippen LogP contribution in [0.25, 0.3) is 10.9 Å². The highest BCUT2D eigenvalue weighted by molar-refractivity contribution is 5.83. The molecule has 1 saturated heterocycles. The molecule has 1 aromatic heterocycles. The van der Waals surface area contributed by atoms with Crippen molar-refractivity contribution in [3.05, 3.63) is 35.5 Å². The topological polar surface area (TPSA) is 44.9 Å². The number of H-pyrrole nitrogens is 1. The van der Waals surface area contributed by atoms with Crippen LogP contribution in [0.5, 0.6) is 0 Å². The van der Waals surface area contributed by atoms with E-state index in [2.05, 4.69) is 41.5 Å². The third kappa shape index (κ3) is 1.48. The fourth-order valence-electron chi connectivity index (χ4n) is 2.32. The van der Waals surface area contributed by atoms with Crippen molar-refractivity contribution in [2.75, 3.05) is 6.54 Å². The number of aromatic amines is 1. The smallest absolute Gasteiger partial charge is 0.220 e. The number of aromatic nitrogens is 1. The lowest BCUT2D eigenvalue weighted by Gasteiger charge is -2.02. The number of carbonyl (C=O) groups is 1. The first kappa shape index (κ1) is 9.46. The number of benzene rings is 1. The highest BCUT2D eigenvalue weighted by Crippen LogP contribution is 2.26. The molecular weight excluding hydrogens is 200 g/mol. The Hall–Kier alpha value is -1.77. The van der Waals surface area contributed by atoms with Crippen molar-refractivity contribution in [3.63, 3.8) is 0 Å². The number of hydrogen-bond acceptors (Lipinski definition) is 1. The average Bonchev–Trinajstić information content (AvgIpc) is 2.83. The molecule has 1 atom stereocenters. The maximum atomic E-state index is 11.2. The van der Waals surface area contributed by atoms with Gasteiger partial charge < -0.3 is 10.3 Å². The number of amides is 1. The Bertz CT molecular complexity index is 556.